The molecule has 0 saturated heterocycles. The number of pyridine rings is 1. The highest BCUT2D eigenvalue weighted by atomic mass is 19.1. The summed E-state index contributed by atoms with van der Waals surface area (Å²) in [6, 6.07) is 14.8. The number of nitrogens with zero attached hydrogens (tertiary/aromatic N) is 5. The number of carbonyl (C=O) groups is 1. The highest BCUT2D eigenvalue weighted by Gasteiger charge is 2.19. The lowest BCUT2D eigenvalue weighted by molar-refractivity contribution is -0.117. The van der Waals surface area contributed by atoms with E-state index in [0.717, 1.165) is 15.8 Å². The van der Waals surface area contributed by atoms with Gasteiger partial charge in [0.15, 0.2) is 5.65 Å². The van der Waals surface area contributed by atoms with Crippen LogP contribution in [0.15, 0.2) is 70.1 Å². The second kappa shape index (κ2) is 8.39. The first-order valence-corrected chi connectivity index (χ1v) is 10.4. The molecule has 0 aliphatic carbocycles. The van der Waals surface area contributed by atoms with Gasteiger partial charge in [-0.3, -0.25) is 4.79 Å². The predicted molar refractivity (Wildman–Crippen MR) is 123 cm³/mol. The zero-order valence-electron chi connectivity index (χ0n) is 18.3. The highest BCUT2D eigenvalue weighted by Crippen LogP contribution is 2.25. The van der Waals surface area contributed by atoms with Crippen molar-refractivity contribution in [3.05, 3.63) is 88.2 Å². The van der Waals surface area contributed by atoms with Gasteiger partial charge in [-0.1, -0.05) is 35.0 Å². The second-order valence-corrected chi connectivity index (χ2v) is 7.86. The summed E-state index contributed by atoms with van der Waals surface area (Å²) in [5, 5.41) is 11.0. The van der Waals surface area contributed by atoms with Crippen LogP contribution in [0.3, 0.4) is 0 Å². The summed E-state index contributed by atoms with van der Waals surface area (Å²) < 4.78 is 21.3. The summed E-state index contributed by atoms with van der Waals surface area (Å²) in [5.74, 6) is -0.492. The van der Waals surface area contributed by atoms with Crippen molar-refractivity contribution in [3.63, 3.8) is 0 Å². The summed E-state index contributed by atoms with van der Waals surface area (Å²) >= 11 is 0. The molecule has 0 radical (unpaired) electrons. The Balaban J connectivity index is 1.45. The van der Waals surface area contributed by atoms with Gasteiger partial charge in [-0.25, -0.2) is 18.3 Å². The number of hydrogen-bond donors (Lipinski definition) is 1. The monoisotopic (exact) mass is 458 g/mol. The fraction of sp³-hybridized carbons (Fsp3) is 0.125. The Kier molecular flexibility index (Phi) is 5.25. The molecule has 5 rings (SSSR count). The minimum atomic E-state index is -0.488. The maximum atomic E-state index is 13.5. The fourth-order valence-corrected chi connectivity index (χ4v) is 3.67. The summed E-state index contributed by atoms with van der Waals surface area (Å²) in [4.78, 5) is 29.8. The van der Waals surface area contributed by atoms with Gasteiger partial charge in [-0.15, -0.1) is 5.10 Å². The molecule has 3 aromatic heterocycles. The van der Waals surface area contributed by atoms with E-state index in [4.69, 9.17) is 4.52 Å². The molecule has 1 N–H and O–H groups in total. The van der Waals surface area contributed by atoms with Crippen molar-refractivity contribution in [2.24, 2.45) is 0 Å². The van der Waals surface area contributed by atoms with E-state index in [9.17, 15) is 14.0 Å². The number of rotatable bonds is 5. The Morgan fingerprint density at radius 3 is 2.76 bits per heavy atom. The molecule has 34 heavy (non-hydrogen) atoms. The molecule has 9 nitrogen and oxygen atoms in total. The topological polar surface area (TPSA) is 107 Å². The average Bonchev–Trinajstić information content (AvgIpc) is 3.41. The van der Waals surface area contributed by atoms with E-state index in [1.165, 1.54) is 22.7 Å². The van der Waals surface area contributed by atoms with Crippen molar-refractivity contribution < 1.29 is 13.7 Å². The Morgan fingerprint density at radius 2 is 1.97 bits per heavy atom. The number of aryl methyl sites for hydroxylation is 2. The molecule has 0 spiro atoms. The van der Waals surface area contributed by atoms with Gasteiger partial charge in [-0.05, 0) is 49.7 Å². The Labute approximate surface area is 192 Å². The summed E-state index contributed by atoms with van der Waals surface area (Å²) in [7, 11) is 0. The second-order valence-electron chi connectivity index (χ2n) is 7.86. The predicted octanol–water partition coefficient (Wildman–Crippen LogP) is 3.61. The summed E-state index contributed by atoms with van der Waals surface area (Å²) in [6.07, 6.45) is 1.54. The smallest absolute Gasteiger partial charge is 0.333 e. The van der Waals surface area contributed by atoms with Gasteiger partial charge >= 0.3 is 5.69 Å². The van der Waals surface area contributed by atoms with E-state index >= 15 is 0 Å². The number of carbonyl (C=O) groups excluding carboxylic acids is 1. The molecule has 0 fully saturated rings. The molecular formula is C24H19FN6O3. The number of nitrogens with one attached hydrogen (secondary N) is 1. The number of halogens is 1. The molecule has 0 unspecified atom stereocenters. The molecule has 0 bridgehead atoms. The molecule has 2 aromatic carbocycles. The van der Waals surface area contributed by atoms with Crippen molar-refractivity contribution in [2.75, 3.05) is 5.32 Å². The molecule has 10 heteroatoms. The van der Waals surface area contributed by atoms with Crippen LogP contribution in [-0.4, -0.2) is 30.2 Å². The lowest BCUT2D eigenvalue weighted by Crippen LogP contribution is -2.28. The quantitative estimate of drug-likeness (QED) is 0.431. The third-order valence-electron chi connectivity index (χ3n) is 5.30. The molecule has 5 aromatic rings. The summed E-state index contributed by atoms with van der Waals surface area (Å²) in [6.45, 7) is 3.59. The van der Waals surface area contributed by atoms with E-state index in [0.29, 0.717) is 16.8 Å². The average molecular weight is 458 g/mol. The van der Waals surface area contributed by atoms with E-state index in [-0.39, 0.29) is 29.8 Å². The normalized spacial score (nSPS) is 11.1. The lowest BCUT2D eigenvalue weighted by Gasteiger charge is -2.08. The van der Waals surface area contributed by atoms with E-state index in [1.807, 2.05) is 32.0 Å². The molecule has 0 aliphatic rings. The van der Waals surface area contributed by atoms with Gasteiger partial charge in [0.2, 0.25) is 11.7 Å². The van der Waals surface area contributed by atoms with Crippen LogP contribution in [0.25, 0.3) is 28.5 Å². The van der Waals surface area contributed by atoms with E-state index in [2.05, 4.69) is 20.6 Å². The minimum Gasteiger partial charge on any atom is -0.333 e. The zero-order chi connectivity index (χ0) is 23.8. The van der Waals surface area contributed by atoms with Gasteiger partial charge in [0.25, 0.3) is 5.89 Å². The minimum absolute atomic E-state index is 0.113. The summed E-state index contributed by atoms with van der Waals surface area (Å²) in [5.41, 5.74) is 3.29. The zero-order valence-corrected chi connectivity index (χ0v) is 18.3. The van der Waals surface area contributed by atoms with Crippen molar-refractivity contribution in [1.82, 2.24) is 24.3 Å². The van der Waals surface area contributed by atoms with Gasteiger partial charge in [-0.2, -0.15) is 4.98 Å². The van der Waals surface area contributed by atoms with Gasteiger partial charge in [0, 0.05) is 17.4 Å². The molecule has 0 saturated carbocycles. The Bertz CT molecular complexity index is 1600. The van der Waals surface area contributed by atoms with Crippen molar-refractivity contribution in [2.45, 2.75) is 20.4 Å². The first-order chi connectivity index (χ1) is 16.4. The Morgan fingerprint density at radius 1 is 1.12 bits per heavy atom. The number of benzene rings is 2. The van der Waals surface area contributed by atoms with Crippen LogP contribution >= 0.6 is 0 Å². The first-order valence-electron chi connectivity index (χ1n) is 10.4. The molecule has 0 aliphatic heterocycles. The van der Waals surface area contributed by atoms with Gasteiger partial charge in [0.1, 0.15) is 12.4 Å². The van der Waals surface area contributed by atoms with Crippen LogP contribution in [0.4, 0.5) is 10.1 Å². The van der Waals surface area contributed by atoms with E-state index in [1.54, 1.807) is 24.3 Å². The number of hydrogen-bond acceptors (Lipinski definition) is 6. The largest absolute Gasteiger partial charge is 0.350 e. The SMILES string of the molecule is Cc1ccc(NC(=O)Cn2nc3c(-c4nc(-c5cccc(F)c5)no4)cccn3c2=O)c(C)c1. The molecule has 3 heterocycles. The lowest BCUT2D eigenvalue weighted by atomic mass is 10.1. The number of aromatic nitrogens is 5. The van der Waals surface area contributed by atoms with Gasteiger partial charge < -0.3 is 9.84 Å². The van der Waals surface area contributed by atoms with Crippen molar-refractivity contribution >= 4 is 17.2 Å². The molecule has 170 valence electrons. The maximum absolute atomic E-state index is 13.5. The Hall–Kier alpha value is -4.60. The standard InChI is InChI=1S/C24H19FN6O3/c1-14-8-9-19(15(2)11-14)26-20(32)13-31-24(33)30-10-4-7-18(22(30)28-31)23-27-21(29-34-23)16-5-3-6-17(25)12-16/h3-12H,13H2,1-2H3,(H,26,32). The third kappa shape index (κ3) is 3.96. The van der Waals surface area contributed by atoms with Crippen molar-refractivity contribution in [3.8, 4) is 22.8 Å². The first kappa shape index (κ1) is 21.3. The van der Waals surface area contributed by atoms with Crippen LogP contribution in [0, 0.1) is 19.7 Å². The van der Waals surface area contributed by atoms with Crippen LogP contribution in [0.1, 0.15) is 11.1 Å². The molecule has 1 amide bonds. The maximum Gasteiger partial charge on any atom is 0.350 e. The van der Waals surface area contributed by atoms with Crippen LogP contribution in [0.5, 0.6) is 0 Å². The fourth-order valence-electron chi connectivity index (χ4n) is 3.67. The molecule has 0 atom stereocenters. The van der Waals surface area contributed by atoms with Gasteiger partial charge in [0.05, 0.1) is 5.56 Å². The number of amides is 1. The van der Waals surface area contributed by atoms with E-state index < -0.39 is 11.5 Å². The molecular weight excluding hydrogens is 439 g/mol. The third-order valence-corrected chi connectivity index (χ3v) is 5.30. The number of fused-ring (bicyclic) bond motifs is 1. The van der Waals surface area contributed by atoms with Crippen LogP contribution in [0.2, 0.25) is 0 Å². The highest BCUT2D eigenvalue weighted by molar-refractivity contribution is 5.91. The van der Waals surface area contributed by atoms with Crippen LogP contribution in [-0.2, 0) is 11.3 Å². The number of anilines is 1. The van der Waals surface area contributed by atoms with Crippen molar-refractivity contribution in [1.29, 1.82) is 0 Å². The van der Waals surface area contributed by atoms with Crippen LogP contribution < -0.4 is 11.0 Å².